The van der Waals surface area contributed by atoms with E-state index in [-0.39, 0.29) is 35.6 Å². The highest BCUT2D eigenvalue weighted by Gasteiger charge is 2.57. The van der Waals surface area contributed by atoms with E-state index in [2.05, 4.69) is 16.7 Å². The lowest BCUT2D eigenvalue weighted by Crippen LogP contribution is -2.67. The van der Waals surface area contributed by atoms with Gasteiger partial charge in [-0.1, -0.05) is 6.07 Å². The lowest BCUT2D eigenvalue weighted by Gasteiger charge is -2.55. The Morgan fingerprint density at radius 2 is 2.23 bits per heavy atom. The Bertz CT molecular complexity index is 976. The zero-order valence-corrected chi connectivity index (χ0v) is 18.0. The van der Waals surface area contributed by atoms with Gasteiger partial charge in [-0.3, -0.25) is 9.59 Å². The quantitative estimate of drug-likeness (QED) is 0.778. The first-order valence-electron chi connectivity index (χ1n) is 10.5. The number of carbonyl (C=O) groups excluding carboxylic acids is 2. The molecule has 2 N–H and O–H groups in total. The molecule has 6 nitrogen and oxygen atoms in total. The fraction of sp³-hybridized carbons (Fsp3) is 0.478. The van der Waals surface area contributed by atoms with Crippen molar-refractivity contribution >= 4 is 23.2 Å². The van der Waals surface area contributed by atoms with Crippen LogP contribution in [0.4, 0.5) is 0 Å². The van der Waals surface area contributed by atoms with E-state index in [0.717, 1.165) is 24.1 Å². The van der Waals surface area contributed by atoms with Crippen LogP contribution in [0.15, 0.2) is 35.7 Å². The molecule has 5 atom stereocenters. The number of amides is 2. The van der Waals surface area contributed by atoms with Crippen LogP contribution in [-0.2, 0) is 4.79 Å². The van der Waals surface area contributed by atoms with Gasteiger partial charge in [-0.15, -0.1) is 11.3 Å². The Morgan fingerprint density at radius 3 is 2.93 bits per heavy atom. The number of methoxy groups -OCH3 is 1. The molecule has 0 unspecified atom stereocenters. The van der Waals surface area contributed by atoms with Gasteiger partial charge < -0.3 is 20.1 Å². The number of fused-ring (bicyclic) bond motifs is 3. The van der Waals surface area contributed by atoms with Crippen LogP contribution in [0.3, 0.4) is 0 Å². The Kier molecular flexibility index (Phi) is 4.73. The van der Waals surface area contributed by atoms with Crippen LogP contribution >= 0.6 is 11.3 Å². The summed E-state index contributed by atoms with van der Waals surface area (Å²) in [7, 11) is 1.60. The molecular formula is C23H26N2O4S. The molecule has 2 heterocycles. The average molecular weight is 427 g/mol. The standard InChI is InChI=1S/C23H26N2O4S/c1-13(20-4-3-9-30-20)24-21(26)18-10-15-6-5-14(18)12-23(15)25-22(27)17-8-7-16(28-2)11-19(17)29-23/h3-4,7-9,11,13-15,18H,5-6,10,12H2,1-2H3,(H,24,26)(H,25,27)/t13-,14+,15-,18+,23-/m0/s1. The normalized spacial score (nSPS) is 30.2. The Balaban J connectivity index is 1.34. The van der Waals surface area contributed by atoms with Crippen LogP contribution < -0.4 is 20.1 Å². The summed E-state index contributed by atoms with van der Waals surface area (Å²) >= 11 is 1.66. The van der Waals surface area contributed by atoms with E-state index in [9.17, 15) is 9.59 Å². The van der Waals surface area contributed by atoms with E-state index >= 15 is 0 Å². The molecule has 6 rings (SSSR count). The number of rotatable bonds is 4. The van der Waals surface area contributed by atoms with Crippen molar-refractivity contribution in [1.29, 1.82) is 0 Å². The van der Waals surface area contributed by atoms with Crippen LogP contribution in [0.2, 0.25) is 0 Å². The maximum atomic E-state index is 13.1. The summed E-state index contributed by atoms with van der Waals surface area (Å²) in [5, 5.41) is 8.37. The zero-order chi connectivity index (χ0) is 20.9. The molecule has 4 aliphatic rings. The molecule has 2 amide bonds. The van der Waals surface area contributed by atoms with E-state index in [1.807, 2.05) is 18.4 Å². The predicted octanol–water partition coefficient (Wildman–Crippen LogP) is 3.89. The molecule has 7 heteroatoms. The van der Waals surface area contributed by atoms with E-state index in [1.165, 1.54) is 0 Å². The molecule has 2 bridgehead atoms. The molecule has 158 valence electrons. The topological polar surface area (TPSA) is 76.7 Å². The third-order valence-electron chi connectivity index (χ3n) is 6.93. The summed E-state index contributed by atoms with van der Waals surface area (Å²) < 4.78 is 11.7. The first-order valence-corrected chi connectivity index (χ1v) is 11.4. The number of thiophene rings is 1. The highest BCUT2D eigenvalue weighted by Crippen LogP contribution is 2.52. The van der Waals surface area contributed by atoms with E-state index in [1.54, 1.807) is 36.6 Å². The van der Waals surface area contributed by atoms with Crippen molar-refractivity contribution in [1.82, 2.24) is 10.6 Å². The number of ether oxygens (including phenoxy) is 2. The molecule has 0 saturated heterocycles. The summed E-state index contributed by atoms with van der Waals surface area (Å²) in [5.74, 6) is 1.50. The van der Waals surface area contributed by atoms with Gasteiger partial charge in [-0.05, 0) is 55.7 Å². The molecule has 3 saturated carbocycles. The summed E-state index contributed by atoms with van der Waals surface area (Å²) in [5.41, 5.74) is -0.197. The Labute approximate surface area is 180 Å². The van der Waals surface area contributed by atoms with Crippen molar-refractivity contribution in [3.8, 4) is 11.5 Å². The highest BCUT2D eigenvalue weighted by molar-refractivity contribution is 7.10. The van der Waals surface area contributed by atoms with Crippen LogP contribution in [0, 0.1) is 17.8 Å². The lowest BCUT2D eigenvalue weighted by atomic mass is 9.60. The zero-order valence-electron chi connectivity index (χ0n) is 17.1. The monoisotopic (exact) mass is 426 g/mol. The number of nitrogens with one attached hydrogen (secondary N) is 2. The van der Waals surface area contributed by atoms with Gasteiger partial charge in [0.1, 0.15) is 11.5 Å². The van der Waals surface area contributed by atoms with Gasteiger partial charge in [-0.25, -0.2) is 0 Å². The fourth-order valence-corrected chi connectivity index (χ4v) is 6.10. The first-order chi connectivity index (χ1) is 14.5. The van der Waals surface area contributed by atoms with Gasteiger partial charge >= 0.3 is 0 Å². The molecule has 1 aromatic heterocycles. The van der Waals surface area contributed by atoms with E-state index in [4.69, 9.17) is 9.47 Å². The molecular weight excluding hydrogens is 400 g/mol. The van der Waals surface area contributed by atoms with Gasteiger partial charge in [0.15, 0.2) is 5.72 Å². The van der Waals surface area contributed by atoms with Crippen LogP contribution in [-0.4, -0.2) is 24.6 Å². The van der Waals surface area contributed by atoms with Gasteiger partial charge in [0.25, 0.3) is 5.91 Å². The second-order valence-electron chi connectivity index (χ2n) is 8.63. The minimum atomic E-state index is -0.727. The molecule has 3 aliphatic carbocycles. The third kappa shape index (κ3) is 3.16. The Hall–Kier alpha value is -2.54. The summed E-state index contributed by atoms with van der Waals surface area (Å²) in [6, 6.07) is 9.35. The van der Waals surface area contributed by atoms with Crippen LogP contribution in [0.25, 0.3) is 0 Å². The predicted molar refractivity (Wildman–Crippen MR) is 114 cm³/mol. The van der Waals surface area contributed by atoms with Crippen molar-refractivity contribution in [3.63, 3.8) is 0 Å². The lowest BCUT2D eigenvalue weighted by molar-refractivity contribution is -0.147. The van der Waals surface area contributed by atoms with Gasteiger partial charge in [0, 0.05) is 29.2 Å². The largest absolute Gasteiger partial charge is 0.497 e. The SMILES string of the molecule is COc1ccc2c(c1)O[C@]1(C[C@H]3CC[C@H]1C[C@H]3C(=O)N[C@@H](C)c1cccs1)NC2=O. The number of benzene rings is 1. The summed E-state index contributed by atoms with van der Waals surface area (Å²) in [6.07, 6.45) is 3.33. The second kappa shape index (κ2) is 7.30. The average Bonchev–Trinajstić information content (AvgIpc) is 3.28. The minimum absolute atomic E-state index is 0.0110. The minimum Gasteiger partial charge on any atom is -0.497 e. The number of hydrogen-bond acceptors (Lipinski definition) is 5. The van der Waals surface area contributed by atoms with Crippen molar-refractivity contribution in [2.45, 2.75) is 44.4 Å². The van der Waals surface area contributed by atoms with Crippen LogP contribution in [0.1, 0.15) is 53.9 Å². The van der Waals surface area contributed by atoms with Crippen molar-refractivity contribution in [2.75, 3.05) is 7.11 Å². The molecule has 2 aromatic rings. The maximum absolute atomic E-state index is 13.1. The smallest absolute Gasteiger partial charge is 0.258 e. The second-order valence-corrected chi connectivity index (χ2v) is 9.61. The first kappa shape index (κ1) is 19.4. The van der Waals surface area contributed by atoms with Crippen molar-refractivity contribution in [3.05, 3.63) is 46.2 Å². The third-order valence-corrected chi connectivity index (χ3v) is 7.99. The summed E-state index contributed by atoms with van der Waals surface area (Å²) in [4.78, 5) is 27.0. The number of carbonyl (C=O) groups is 2. The van der Waals surface area contributed by atoms with E-state index < -0.39 is 5.72 Å². The fourth-order valence-electron chi connectivity index (χ4n) is 5.37. The van der Waals surface area contributed by atoms with E-state index in [0.29, 0.717) is 23.5 Å². The Morgan fingerprint density at radius 1 is 1.37 bits per heavy atom. The van der Waals surface area contributed by atoms with Crippen molar-refractivity contribution < 1.29 is 19.1 Å². The van der Waals surface area contributed by atoms with Gasteiger partial charge in [0.05, 0.1) is 18.7 Å². The number of hydrogen-bond donors (Lipinski definition) is 2. The van der Waals surface area contributed by atoms with Gasteiger partial charge in [0.2, 0.25) is 5.91 Å². The van der Waals surface area contributed by atoms with Crippen LogP contribution in [0.5, 0.6) is 11.5 Å². The van der Waals surface area contributed by atoms with Crippen molar-refractivity contribution in [2.24, 2.45) is 17.8 Å². The molecule has 3 fully saturated rings. The molecule has 1 aromatic carbocycles. The maximum Gasteiger partial charge on any atom is 0.258 e. The molecule has 1 aliphatic heterocycles. The molecule has 30 heavy (non-hydrogen) atoms. The summed E-state index contributed by atoms with van der Waals surface area (Å²) in [6.45, 7) is 2.03. The van der Waals surface area contributed by atoms with Gasteiger partial charge in [-0.2, -0.15) is 0 Å². The molecule has 1 spiro atoms. The highest BCUT2D eigenvalue weighted by atomic mass is 32.1. The molecule has 0 radical (unpaired) electrons.